The van der Waals surface area contributed by atoms with Gasteiger partial charge in [0.25, 0.3) is 5.91 Å². The fourth-order valence-electron chi connectivity index (χ4n) is 2.11. The third kappa shape index (κ3) is 3.02. The third-order valence-corrected chi connectivity index (χ3v) is 3.73. The summed E-state index contributed by atoms with van der Waals surface area (Å²) in [5.41, 5.74) is 10.9. The smallest absolute Gasteiger partial charge is 0.255 e. The van der Waals surface area contributed by atoms with E-state index in [1.165, 1.54) is 0 Å². The van der Waals surface area contributed by atoms with Crippen molar-refractivity contribution in [2.45, 2.75) is 20.8 Å². The Morgan fingerprint density at radius 3 is 2.20 bits per heavy atom. The molecule has 4 heteroatoms. The molecule has 0 atom stereocenters. The molecule has 0 aromatic heterocycles. The molecule has 0 fully saturated rings. The topological polar surface area (TPSA) is 55.1 Å². The molecule has 0 aliphatic heterocycles. The Labute approximate surface area is 127 Å². The van der Waals surface area contributed by atoms with Crippen LogP contribution in [0.25, 0.3) is 0 Å². The summed E-state index contributed by atoms with van der Waals surface area (Å²) in [5, 5.41) is 2.97. The van der Waals surface area contributed by atoms with Crippen LogP contribution in [0, 0.1) is 20.8 Å². The molecule has 2 rings (SSSR count). The van der Waals surface area contributed by atoms with E-state index in [4.69, 9.17) is 5.73 Å². The van der Waals surface area contributed by atoms with Crippen molar-refractivity contribution in [3.8, 4) is 0 Å². The van der Waals surface area contributed by atoms with Crippen LogP contribution in [-0.2, 0) is 0 Å². The lowest BCUT2D eigenvalue weighted by atomic mass is 10.1. The van der Waals surface area contributed by atoms with Gasteiger partial charge >= 0.3 is 0 Å². The first kappa shape index (κ1) is 14.6. The fourth-order valence-corrected chi connectivity index (χ4v) is 2.80. The lowest BCUT2D eigenvalue weighted by molar-refractivity contribution is 0.102. The molecule has 0 aliphatic rings. The van der Waals surface area contributed by atoms with E-state index in [-0.39, 0.29) is 5.91 Å². The van der Waals surface area contributed by atoms with Gasteiger partial charge in [0.2, 0.25) is 0 Å². The van der Waals surface area contributed by atoms with Crippen molar-refractivity contribution in [1.29, 1.82) is 0 Å². The summed E-state index contributed by atoms with van der Waals surface area (Å²) < 4.78 is 1.01. The molecule has 20 heavy (non-hydrogen) atoms. The molecular formula is C16H17BrN2O. The van der Waals surface area contributed by atoms with Gasteiger partial charge in [0.05, 0.1) is 0 Å². The van der Waals surface area contributed by atoms with E-state index < -0.39 is 0 Å². The first-order valence-corrected chi connectivity index (χ1v) is 7.12. The van der Waals surface area contributed by atoms with Crippen LogP contribution in [0.4, 0.5) is 11.4 Å². The zero-order valence-corrected chi connectivity index (χ0v) is 13.3. The summed E-state index contributed by atoms with van der Waals surface area (Å²) in [6, 6.07) is 9.26. The Hall–Kier alpha value is -1.81. The Bertz CT molecular complexity index is 657. The van der Waals surface area contributed by atoms with Crippen LogP contribution in [0.2, 0.25) is 0 Å². The second-order valence-corrected chi connectivity index (χ2v) is 5.86. The number of rotatable bonds is 2. The molecule has 104 valence electrons. The Balaban J connectivity index is 2.30. The SMILES string of the molecule is Cc1cc(C(=O)Nc2c(C)cc(Br)cc2C)ccc1N. The van der Waals surface area contributed by atoms with E-state index in [0.717, 1.165) is 26.9 Å². The van der Waals surface area contributed by atoms with Gasteiger partial charge in [-0.25, -0.2) is 0 Å². The van der Waals surface area contributed by atoms with Crippen molar-refractivity contribution in [2.24, 2.45) is 0 Å². The van der Waals surface area contributed by atoms with Crippen LogP contribution < -0.4 is 11.1 Å². The summed E-state index contributed by atoms with van der Waals surface area (Å²) in [4.78, 5) is 12.3. The molecule has 0 saturated heterocycles. The lowest BCUT2D eigenvalue weighted by Crippen LogP contribution is -2.14. The Morgan fingerprint density at radius 1 is 1.05 bits per heavy atom. The largest absolute Gasteiger partial charge is 0.399 e. The molecule has 2 aromatic rings. The molecule has 3 N–H and O–H groups in total. The molecule has 3 nitrogen and oxygen atoms in total. The zero-order chi connectivity index (χ0) is 14.9. The van der Waals surface area contributed by atoms with Gasteiger partial charge in [-0.2, -0.15) is 0 Å². The average Bonchev–Trinajstić information content (AvgIpc) is 2.36. The van der Waals surface area contributed by atoms with Gasteiger partial charge in [0.1, 0.15) is 0 Å². The summed E-state index contributed by atoms with van der Waals surface area (Å²) >= 11 is 3.45. The normalized spacial score (nSPS) is 10.4. The first-order chi connectivity index (χ1) is 9.38. The minimum absolute atomic E-state index is 0.123. The van der Waals surface area contributed by atoms with Crippen molar-refractivity contribution >= 4 is 33.2 Å². The summed E-state index contributed by atoms with van der Waals surface area (Å²) in [6.07, 6.45) is 0. The standard InChI is InChI=1S/C16H17BrN2O/c1-9-6-12(4-5-14(9)18)16(20)19-15-10(2)7-13(17)8-11(15)3/h4-8H,18H2,1-3H3,(H,19,20). The lowest BCUT2D eigenvalue weighted by Gasteiger charge is -2.13. The molecule has 2 aromatic carbocycles. The minimum atomic E-state index is -0.123. The van der Waals surface area contributed by atoms with Crippen LogP contribution in [-0.4, -0.2) is 5.91 Å². The first-order valence-electron chi connectivity index (χ1n) is 6.32. The van der Waals surface area contributed by atoms with Gasteiger partial charge in [-0.15, -0.1) is 0 Å². The molecule has 0 spiro atoms. The number of hydrogen-bond acceptors (Lipinski definition) is 2. The maximum Gasteiger partial charge on any atom is 0.255 e. The quantitative estimate of drug-likeness (QED) is 0.809. The number of carbonyl (C=O) groups is 1. The number of carbonyl (C=O) groups excluding carboxylic acids is 1. The van der Waals surface area contributed by atoms with Crippen molar-refractivity contribution in [3.05, 3.63) is 57.1 Å². The van der Waals surface area contributed by atoms with Gasteiger partial charge < -0.3 is 11.1 Å². The van der Waals surface area contributed by atoms with Crippen LogP contribution >= 0.6 is 15.9 Å². The number of hydrogen-bond donors (Lipinski definition) is 2. The maximum absolute atomic E-state index is 12.3. The molecule has 1 amide bonds. The second kappa shape index (κ2) is 5.67. The minimum Gasteiger partial charge on any atom is -0.399 e. The highest BCUT2D eigenvalue weighted by molar-refractivity contribution is 9.10. The maximum atomic E-state index is 12.3. The predicted molar refractivity (Wildman–Crippen MR) is 87.2 cm³/mol. The molecule has 0 heterocycles. The fraction of sp³-hybridized carbons (Fsp3) is 0.188. The summed E-state index contributed by atoms with van der Waals surface area (Å²) in [5.74, 6) is -0.123. The molecule has 0 bridgehead atoms. The number of nitrogen functional groups attached to an aromatic ring is 1. The van der Waals surface area contributed by atoms with E-state index in [0.29, 0.717) is 11.3 Å². The van der Waals surface area contributed by atoms with Gasteiger partial charge in [-0.1, -0.05) is 15.9 Å². The number of anilines is 2. The number of halogens is 1. The van der Waals surface area contributed by atoms with Gasteiger partial charge in [-0.3, -0.25) is 4.79 Å². The molecule has 0 saturated carbocycles. The van der Waals surface area contributed by atoms with Crippen LogP contribution in [0.1, 0.15) is 27.0 Å². The molecule has 0 radical (unpaired) electrons. The highest BCUT2D eigenvalue weighted by Gasteiger charge is 2.11. The number of nitrogens with two attached hydrogens (primary N) is 1. The summed E-state index contributed by atoms with van der Waals surface area (Å²) in [7, 11) is 0. The monoisotopic (exact) mass is 332 g/mol. The number of amides is 1. The Kier molecular flexibility index (Phi) is 4.14. The number of benzene rings is 2. The average molecular weight is 333 g/mol. The molecular weight excluding hydrogens is 316 g/mol. The van der Waals surface area contributed by atoms with Crippen molar-refractivity contribution in [3.63, 3.8) is 0 Å². The van der Waals surface area contributed by atoms with Gasteiger partial charge in [0.15, 0.2) is 0 Å². The van der Waals surface area contributed by atoms with E-state index in [1.54, 1.807) is 18.2 Å². The van der Waals surface area contributed by atoms with E-state index >= 15 is 0 Å². The summed E-state index contributed by atoms with van der Waals surface area (Å²) in [6.45, 7) is 5.84. The van der Waals surface area contributed by atoms with Gasteiger partial charge in [-0.05, 0) is 67.8 Å². The third-order valence-electron chi connectivity index (χ3n) is 3.27. The van der Waals surface area contributed by atoms with E-state index in [9.17, 15) is 4.79 Å². The van der Waals surface area contributed by atoms with Gasteiger partial charge in [0, 0.05) is 21.4 Å². The zero-order valence-electron chi connectivity index (χ0n) is 11.8. The Morgan fingerprint density at radius 2 is 1.65 bits per heavy atom. The number of aryl methyl sites for hydroxylation is 3. The second-order valence-electron chi connectivity index (χ2n) is 4.94. The number of nitrogens with one attached hydrogen (secondary N) is 1. The highest BCUT2D eigenvalue weighted by atomic mass is 79.9. The van der Waals surface area contributed by atoms with Crippen LogP contribution in [0.3, 0.4) is 0 Å². The molecule has 0 unspecified atom stereocenters. The van der Waals surface area contributed by atoms with Crippen molar-refractivity contribution < 1.29 is 4.79 Å². The van der Waals surface area contributed by atoms with Crippen molar-refractivity contribution in [1.82, 2.24) is 0 Å². The van der Waals surface area contributed by atoms with E-state index in [1.807, 2.05) is 32.9 Å². The van der Waals surface area contributed by atoms with Crippen molar-refractivity contribution in [2.75, 3.05) is 11.1 Å². The van der Waals surface area contributed by atoms with E-state index in [2.05, 4.69) is 21.2 Å². The van der Waals surface area contributed by atoms with Crippen LogP contribution in [0.15, 0.2) is 34.8 Å². The highest BCUT2D eigenvalue weighted by Crippen LogP contribution is 2.25. The van der Waals surface area contributed by atoms with Crippen LogP contribution in [0.5, 0.6) is 0 Å². The molecule has 0 aliphatic carbocycles. The predicted octanol–water partition coefficient (Wildman–Crippen LogP) is 4.21.